The maximum absolute atomic E-state index is 12.7. The summed E-state index contributed by atoms with van der Waals surface area (Å²) in [5.74, 6) is 0.0853. The van der Waals surface area contributed by atoms with Crippen LogP contribution in [0.15, 0.2) is 24.5 Å². The van der Waals surface area contributed by atoms with E-state index in [0.717, 1.165) is 27.6 Å². The first-order valence-electron chi connectivity index (χ1n) is 7.29. The fourth-order valence-corrected chi connectivity index (χ4v) is 3.37. The average Bonchev–Trinajstić information content (AvgIpc) is 2.92. The number of aromatic nitrogens is 2. The standard InChI is InChI=1S/C16H21N3OS/c1-5-13-14(16(20)19(6-2)11(3)4)21-15(18-13)12-7-9-17-10-8-12/h7-11H,5-6H2,1-4H3. The molecule has 2 heterocycles. The van der Waals surface area contributed by atoms with E-state index in [1.54, 1.807) is 12.4 Å². The van der Waals surface area contributed by atoms with Crippen molar-refractivity contribution in [3.8, 4) is 10.6 Å². The topological polar surface area (TPSA) is 46.1 Å². The summed E-state index contributed by atoms with van der Waals surface area (Å²) in [4.78, 5) is 24.0. The number of rotatable bonds is 5. The molecule has 0 spiro atoms. The quantitative estimate of drug-likeness (QED) is 0.847. The first-order chi connectivity index (χ1) is 10.1. The predicted molar refractivity (Wildman–Crippen MR) is 86.6 cm³/mol. The Morgan fingerprint density at radius 3 is 2.48 bits per heavy atom. The summed E-state index contributed by atoms with van der Waals surface area (Å²) in [6.45, 7) is 8.83. The molecule has 0 aromatic carbocycles. The molecule has 2 aromatic rings. The third-order valence-corrected chi connectivity index (χ3v) is 4.51. The second kappa shape index (κ2) is 6.80. The van der Waals surface area contributed by atoms with Gasteiger partial charge in [0, 0.05) is 30.5 Å². The minimum atomic E-state index is 0.0853. The fraction of sp³-hybridized carbons (Fsp3) is 0.438. The monoisotopic (exact) mass is 303 g/mol. The van der Waals surface area contributed by atoms with E-state index in [2.05, 4.69) is 9.97 Å². The SMILES string of the molecule is CCc1nc(-c2ccncc2)sc1C(=O)N(CC)C(C)C. The van der Waals surface area contributed by atoms with Crippen LogP contribution in [0.2, 0.25) is 0 Å². The average molecular weight is 303 g/mol. The molecule has 0 saturated carbocycles. The zero-order chi connectivity index (χ0) is 15.4. The zero-order valence-electron chi connectivity index (χ0n) is 13.0. The van der Waals surface area contributed by atoms with Crippen LogP contribution in [0.5, 0.6) is 0 Å². The molecule has 5 heteroatoms. The second-order valence-corrected chi connectivity index (χ2v) is 6.07. The maximum atomic E-state index is 12.7. The van der Waals surface area contributed by atoms with Crippen LogP contribution in [0, 0.1) is 0 Å². The molecule has 0 aliphatic heterocycles. The minimum absolute atomic E-state index is 0.0853. The van der Waals surface area contributed by atoms with Crippen molar-refractivity contribution < 1.29 is 4.79 Å². The van der Waals surface area contributed by atoms with Gasteiger partial charge in [-0.25, -0.2) is 4.98 Å². The van der Waals surface area contributed by atoms with Gasteiger partial charge in [0.2, 0.25) is 0 Å². The van der Waals surface area contributed by atoms with Crippen LogP contribution in [0.4, 0.5) is 0 Å². The molecule has 2 aromatic heterocycles. The van der Waals surface area contributed by atoms with Gasteiger partial charge >= 0.3 is 0 Å². The maximum Gasteiger partial charge on any atom is 0.266 e. The highest BCUT2D eigenvalue weighted by atomic mass is 32.1. The van der Waals surface area contributed by atoms with Crippen molar-refractivity contribution in [2.24, 2.45) is 0 Å². The highest BCUT2D eigenvalue weighted by molar-refractivity contribution is 7.17. The largest absolute Gasteiger partial charge is 0.336 e. The molecule has 0 radical (unpaired) electrons. The summed E-state index contributed by atoms with van der Waals surface area (Å²) < 4.78 is 0. The van der Waals surface area contributed by atoms with Crippen LogP contribution in [0.1, 0.15) is 43.1 Å². The fourth-order valence-electron chi connectivity index (χ4n) is 2.25. The first kappa shape index (κ1) is 15.6. The number of thiazole rings is 1. The van der Waals surface area contributed by atoms with Crippen LogP contribution >= 0.6 is 11.3 Å². The lowest BCUT2D eigenvalue weighted by molar-refractivity contribution is 0.0720. The third-order valence-electron chi connectivity index (χ3n) is 3.38. The molecular formula is C16H21N3OS. The summed E-state index contributed by atoms with van der Waals surface area (Å²) in [6, 6.07) is 4.04. The Kier molecular flexibility index (Phi) is 5.07. The highest BCUT2D eigenvalue weighted by Crippen LogP contribution is 2.29. The van der Waals surface area contributed by atoms with E-state index in [0.29, 0.717) is 6.54 Å². The van der Waals surface area contributed by atoms with Crippen molar-refractivity contribution in [2.45, 2.75) is 40.2 Å². The number of carbonyl (C=O) groups is 1. The number of aryl methyl sites for hydroxylation is 1. The van der Waals surface area contributed by atoms with E-state index < -0.39 is 0 Å². The molecular weight excluding hydrogens is 282 g/mol. The van der Waals surface area contributed by atoms with Crippen LogP contribution in [0.3, 0.4) is 0 Å². The lowest BCUT2D eigenvalue weighted by Crippen LogP contribution is -2.36. The van der Waals surface area contributed by atoms with Crippen molar-refractivity contribution in [1.29, 1.82) is 0 Å². The Balaban J connectivity index is 2.40. The number of hydrogen-bond acceptors (Lipinski definition) is 4. The van der Waals surface area contributed by atoms with Gasteiger partial charge < -0.3 is 4.90 Å². The van der Waals surface area contributed by atoms with Gasteiger partial charge in [0.1, 0.15) is 9.88 Å². The van der Waals surface area contributed by atoms with Crippen LogP contribution < -0.4 is 0 Å². The molecule has 0 aliphatic rings. The molecule has 0 aliphatic carbocycles. The van der Waals surface area contributed by atoms with Crippen LogP contribution in [-0.4, -0.2) is 33.4 Å². The Morgan fingerprint density at radius 1 is 1.29 bits per heavy atom. The number of carbonyl (C=O) groups excluding carboxylic acids is 1. The summed E-state index contributed by atoms with van der Waals surface area (Å²) in [6.07, 6.45) is 4.25. The molecule has 0 fully saturated rings. The van der Waals surface area contributed by atoms with Crippen molar-refractivity contribution in [1.82, 2.24) is 14.9 Å². The third kappa shape index (κ3) is 3.29. The molecule has 0 bridgehead atoms. The molecule has 21 heavy (non-hydrogen) atoms. The molecule has 0 unspecified atom stereocenters. The van der Waals surface area contributed by atoms with Gasteiger partial charge in [0.25, 0.3) is 5.91 Å². The van der Waals surface area contributed by atoms with Gasteiger partial charge in [-0.3, -0.25) is 9.78 Å². The molecule has 2 rings (SSSR count). The second-order valence-electron chi connectivity index (χ2n) is 5.07. The van der Waals surface area contributed by atoms with Gasteiger partial charge in [-0.2, -0.15) is 0 Å². The summed E-state index contributed by atoms with van der Waals surface area (Å²) in [5.41, 5.74) is 1.90. The Labute approximate surface area is 129 Å². The van der Waals surface area contributed by atoms with Crippen LogP contribution in [-0.2, 0) is 6.42 Å². The van der Waals surface area contributed by atoms with Crippen molar-refractivity contribution >= 4 is 17.2 Å². The van der Waals surface area contributed by atoms with E-state index >= 15 is 0 Å². The van der Waals surface area contributed by atoms with Crippen molar-refractivity contribution in [3.63, 3.8) is 0 Å². The molecule has 112 valence electrons. The normalized spacial score (nSPS) is 10.9. The van der Waals surface area contributed by atoms with Crippen molar-refractivity contribution in [3.05, 3.63) is 35.1 Å². The molecule has 0 atom stereocenters. The summed E-state index contributed by atoms with van der Waals surface area (Å²) in [7, 11) is 0. The smallest absolute Gasteiger partial charge is 0.266 e. The van der Waals surface area contributed by atoms with Gasteiger partial charge in [-0.15, -0.1) is 11.3 Å². The molecule has 1 amide bonds. The molecule has 4 nitrogen and oxygen atoms in total. The zero-order valence-corrected chi connectivity index (χ0v) is 13.8. The Bertz CT molecular complexity index is 607. The van der Waals surface area contributed by atoms with E-state index in [9.17, 15) is 4.79 Å². The Hall–Kier alpha value is -1.75. The molecule has 0 saturated heterocycles. The minimum Gasteiger partial charge on any atom is -0.336 e. The van der Waals surface area contributed by atoms with Crippen LogP contribution in [0.25, 0.3) is 10.6 Å². The first-order valence-corrected chi connectivity index (χ1v) is 8.11. The summed E-state index contributed by atoms with van der Waals surface area (Å²) in [5, 5.41) is 0.886. The Morgan fingerprint density at radius 2 is 1.95 bits per heavy atom. The van der Waals surface area contributed by atoms with E-state index in [1.807, 2.05) is 44.7 Å². The summed E-state index contributed by atoms with van der Waals surface area (Å²) >= 11 is 1.48. The van der Waals surface area contributed by atoms with Gasteiger partial charge in [-0.05, 0) is 39.3 Å². The number of amides is 1. The predicted octanol–water partition coefficient (Wildman–Crippen LogP) is 3.64. The van der Waals surface area contributed by atoms with Gasteiger partial charge in [0.15, 0.2) is 0 Å². The van der Waals surface area contributed by atoms with E-state index in [1.165, 1.54) is 11.3 Å². The lowest BCUT2D eigenvalue weighted by Gasteiger charge is -2.24. The number of nitrogens with zero attached hydrogens (tertiary/aromatic N) is 3. The van der Waals surface area contributed by atoms with Gasteiger partial charge in [-0.1, -0.05) is 6.92 Å². The van der Waals surface area contributed by atoms with E-state index in [-0.39, 0.29) is 11.9 Å². The number of hydrogen-bond donors (Lipinski definition) is 0. The van der Waals surface area contributed by atoms with Gasteiger partial charge in [0.05, 0.1) is 5.69 Å². The van der Waals surface area contributed by atoms with Crippen molar-refractivity contribution in [2.75, 3.05) is 6.54 Å². The number of pyridine rings is 1. The molecule has 0 N–H and O–H groups in total. The lowest BCUT2D eigenvalue weighted by atomic mass is 10.2. The van der Waals surface area contributed by atoms with E-state index in [4.69, 9.17) is 0 Å². The highest BCUT2D eigenvalue weighted by Gasteiger charge is 2.23.